The van der Waals surface area contributed by atoms with Crippen LogP contribution < -0.4 is 10.1 Å². The molecule has 0 aromatic heterocycles. The molecule has 104 valence electrons. The molecule has 0 aliphatic rings. The number of ether oxygens (including phenoxy) is 2. The first-order valence-corrected chi connectivity index (χ1v) is 5.90. The van der Waals surface area contributed by atoms with E-state index in [0.29, 0.717) is 12.3 Å². The predicted octanol–water partition coefficient (Wildman–Crippen LogP) is 1.51. The fraction of sp³-hybridized carbons (Fsp3) is 0.385. The Morgan fingerprint density at radius 3 is 2.47 bits per heavy atom. The van der Waals surface area contributed by atoms with E-state index in [0.717, 1.165) is 5.75 Å². The lowest BCUT2D eigenvalue weighted by atomic mass is 10.3. The molecule has 0 bridgehead atoms. The van der Waals surface area contributed by atoms with Crippen LogP contribution in [0.3, 0.4) is 0 Å². The molecule has 0 heterocycles. The number of anilines is 1. The summed E-state index contributed by atoms with van der Waals surface area (Å²) in [4.78, 5) is 22.0. The molecule has 1 atom stereocenters. The lowest BCUT2D eigenvalue weighted by molar-refractivity contribution is -0.150. The first-order valence-electron chi connectivity index (χ1n) is 5.90. The quantitative estimate of drug-likeness (QED) is 0.782. The van der Waals surface area contributed by atoms with Gasteiger partial charge in [-0.3, -0.25) is 4.79 Å². The maximum absolute atomic E-state index is 11.5. The highest BCUT2D eigenvalue weighted by Gasteiger charge is 2.13. The number of carboxylic acid groups (broad SMARTS) is 1. The van der Waals surface area contributed by atoms with E-state index in [2.05, 4.69) is 5.32 Å². The fourth-order valence-electron chi connectivity index (χ4n) is 1.27. The van der Waals surface area contributed by atoms with Crippen LogP contribution in [0.2, 0.25) is 0 Å². The van der Waals surface area contributed by atoms with Crippen molar-refractivity contribution in [2.45, 2.75) is 20.0 Å². The van der Waals surface area contributed by atoms with Crippen LogP contribution in [-0.2, 0) is 14.3 Å². The van der Waals surface area contributed by atoms with Gasteiger partial charge in [0.05, 0.1) is 6.61 Å². The van der Waals surface area contributed by atoms with E-state index in [-0.39, 0.29) is 6.61 Å². The molecular formula is C13H17NO5. The smallest absolute Gasteiger partial charge is 0.332 e. The van der Waals surface area contributed by atoms with Gasteiger partial charge in [0.25, 0.3) is 0 Å². The molecule has 0 saturated heterocycles. The molecule has 0 aliphatic carbocycles. The van der Waals surface area contributed by atoms with Gasteiger partial charge in [0.2, 0.25) is 5.91 Å². The summed E-state index contributed by atoms with van der Waals surface area (Å²) in [7, 11) is 0. The van der Waals surface area contributed by atoms with Crippen LogP contribution in [0.25, 0.3) is 0 Å². The first-order chi connectivity index (χ1) is 9.02. The predicted molar refractivity (Wildman–Crippen MR) is 69.3 cm³/mol. The van der Waals surface area contributed by atoms with Crippen molar-refractivity contribution in [3.8, 4) is 5.75 Å². The highest BCUT2D eigenvalue weighted by Crippen LogP contribution is 2.15. The van der Waals surface area contributed by atoms with Gasteiger partial charge in [-0.05, 0) is 38.1 Å². The van der Waals surface area contributed by atoms with Crippen LogP contribution >= 0.6 is 0 Å². The lowest BCUT2D eigenvalue weighted by Crippen LogP contribution is -2.26. The van der Waals surface area contributed by atoms with Crippen LogP contribution in [-0.4, -0.2) is 36.3 Å². The van der Waals surface area contributed by atoms with Crippen molar-refractivity contribution in [1.29, 1.82) is 0 Å². The van der Waals surface area contributed by atoms with Crippen molar-refractivity contribution < 1.29 is 24.2 Å². The molecule has 0 saturated carbocycles. The summed E-state index contributed by atoms with van der Waals surface area (Å²) >= 11 is 0. The van der Waals surface area contributed by atoms with E-state index in [1.54, 1.807) is 24.3 Å². The summed E-state index contributed by atoms with van der Waals surface area (Å²) in [5, 5.41) is 11.2. The van der Waals surface area contributed by atoms with Gasteiger partial charge in [-0.15, -0.1) is 0 Å². The van der Waals surface area contributed by atoms with Gasteiger partial charge in [0.1, 0.15) is 12.4 Å². The van der Waals surface area contributed by atoms with E-state index < -0.39 is 18.0 Å². The molecule has 0 radical (unpaired) electrons. The normalized spacial score (nSPS) is 11.7. The van der Waals surface area contributed by atoms with Gasteiger partial charge in [-0.2, -0.15) is 0 Å². The van der Waals surface area contributed by atoms with Crippen molar-refractivity contribution in [2.75, 3.05) is 18.5 Å². The molecule has 2 N–H and O–H groups in total. The first kappa shape index (κ1) is 15.0. The molecular weight excluding hydrogens is 250 g/mol. The maximum atomic E-state index is 11.5. The zero-order valence-corrected chi connectivity index (χ0v) is 10.9. The Bertz CT molecular complexity index is 429. The Labute approximate surface area is 111 Å². The highest BCUT2D eigenvalue weighted by molar-refractivity contribution is 5.91. The van der Waals surface area contributed by atoms with Crippen molar-refractivity contribution in [3.63, 3.8) is 0 Å². The second-order valence-electron chi connectivity index (χ2n) is 3.80. The zero-order valence-electron chi connectivity index (χ0n) is 10.9. The molecule has 0 fully saturated rings. The van der Waals surface area contributed by atoms with Gasteiger partial charge in [-0.1, -0.05) is 0 Å². The summed E-state index contributed by atoms with van der Waals surface area (Å²) < 4.78 is 10.1. The molecule has 0 unspecified atom stereocenters. The third-order valence-corrected chi connectivity index (χ3v) is 2.26. The summed E-state index contributed by atoms with van der Waals surface area (Å²) in [6, 6.07) is 6.87. The minimum atomic E-state index is -1.10. The Balaban J connectivity index is 2.41. The summed E-state index contributed by atoms with van der Waals surface area (Å²) in [6.07, 6.45) is -1.01. The number of benzene rings is 1. The van der Waals surface area contributed by atoms with Gasteiger partial charge < -0.3 is 19.9 Å². The Hall–Kier alpha value is -2.08. The van der Waals surface area contributed by atoms with Crippen molar-refractivity contribution >= 4 is 17.6 Å². The molecule has 1 aromatic rings. The van der Waals surface area contributed by atoms with Crippen LogP contribution in [0.1, 0.15) is 13.8 Å². The molecule has 6 nitrogen and oxygen atoms in total. The number of hydrogen-bond acceptors (Lipinski definition) is 4. The average molecular weight is 267 g/mol. The van der Waals surface area contributed by atoms with Crippen LogP contribution in [0, 0.1) is 0 Å². The van der Waals surface area contributed by atoms with Crippen molar-refractivity contribution in [1.82, 2.24) is 0 Å². The largest absolute Gasteiger partial charge is 0.494 e. The topological polar surface area (TPSA) is 84.9 Å². The molecule has 0 spiro atoms. The van der Waals surface area contributed by atoms with Gasteiger partial charge in [-0.25, -0.2) is 4.79 Å². The monoisotopic (exact) mass is 267 g/mol. The van der Waals surface area contributed by atoms with Gasteiger partial charge >= 0.3 is 5.97 Å². The van der Waals surface area contributed by atoms with Gasteiger partial charge in [0.15, 0.2) is 6.10 Å². The third-order valence-electron chi connectivity index (χ3n) is 2.26. The molecule has 19 heavy (non-hydrogen) atoms. The summed E-state index contributed by atoms with van der Waals surface area (Å²) in [6.45, 7) is 3.52. The third kappa shape index (κ3) is 5.39. The second kappa shape index (κ2) is 7.38. The molecule has 1 aromatic carbocycles. The van der Waals surface area contributed by atoms with Crippen LogP contribution in [0.15, 0.2) is 24.3 Å². The number of rotatable bonds is 7. The highest BCUT2D eigenvalue weighted by atomic mass is 16.5. The Morgan fingerprint density at radius 1 is 1.32 bits per heavy atom. The minimum absolute atomic E-state index is 0.305. The van der Waals surface area contributed by atoms with E-state index in [1.165, 1.54) is 6.92 Å². The van der Waals surface area contributed by atoms with Crippen molar-refractivity contribution in [3.05, 3.63) is 24.3 Å². The fourth-order valence-corrected chi connectivity index (χ4v) is 1.27. The summed E-state index contributed by atoms with van der Waals surface area (Å²) in [5.74, 6) is -0.789. The number of carboxylic acids is 1. The SMILES string of the molecule is CCOc1ccc(NC(=O)CO[C@H](C)C(=O)O)cc1. The average Bonchev–Trinajstić information content (AvgIpc) is 2.38. The standard InChI is InChI=1S/C13H17NO5/c1-3-18-11-6-4-10(5-7-11)14-12(15)8-19-9(2)13(16)17/h4-7,9H,3,8H2,1-2H3,(H,14,15)(H,16,17)/t9-/m1/s1. The minimum Gasteiger partial charge on any atom is -0.494 e. The Kier molecular flexibility index (Phi) is 5.81. The lowest BCUT2D eigenvalue weighted by Gasteiger charge is -2.09. The second-order valence-corrected chi connectivity index (χ2v) is 3.80. The van der Waals surface area contributed by atoms with Gasteiger partial charge in [0, 0.05) is 5.69 Å². The summed E-state index contributed by atoms with van der Waals surface area (Å²) in [5.41, 5.74) is 0.597. The number of nitrogens with one attached hydrogen (secondary N) is 1. The van der Waals surface area contributed by atoms with Crippen molar-refractivity contribution in [2.24, 2.45) is 0 Å². The zero-order chi connectivity index (χ0) is 14.3. The van der Waals surface area contributed by atoms with E-state index in [4.69, 9.17) is 14.6 Å². The maximum Gasteiger partial charge on any atom is 0.332 e. The van der Waals surface area contributed by atoms with E-state index in [1.807, 2.05) is 6.92 Å². The Morgan fingerprint density at radius 2 is 1.95 bits per heavy atom. The molecule has 1 rings (SSSR count). The number of amides is 1. The molecule has 6 heteroatoms. The number of carbonyl (C=O) groups is 2. The van der Waals surface area contributed by atoms with Crippen LogP contribution in [0.5, 0.6) is 5.75 Å². The van der Waals surface area contributed by atoms with Crippen LogP contribution in [0.4, 0.5) is 5.69 Å². The van der Waals surface area contributed by atoms with E-state index >= 15 is 0 Å². The number of carbonyl (C=O) groups excluding carboxylic acids is 1. The molecule has 1 amide bonds. The van der Waals surface area contributed by atoms with E-state index in [9.17, 15) is 9.59 Å². The number of hydrogen-bond donors (Lipinski definition) is 2. The number of aliphatic carboxylic acids is 1. The molecule has 0 aliphatic heterocycles.